The fourth-order valence-electron chi connectivity index (χ4n) is 2.41. The Hall–Kier alpha value is -2.37. The molecule has 1 unspecified atom stereocenters. The van der Waals surface area contributed by atoms with Crippen LogP contribution in [0.4, 0.5) is 0 Å². The highest BCUT2D eigenvalue weighted by Crippen LogP contribution is 2.09. The molecule has 0 fully saturated rings. The maximum Gasteiger partial charge on any atom is 0.251 e. The van der Waals surface area contributed by atoms with E-state index in [1.165, 1.54) is 4.90 Å². The molecule has 25 heavy (non-hydrogen) atoms. The van der Waals surface area contributed by atoms with Crippen LogP contribution in [0.3, 0.4) is 0 Å². The van der Waals surface area contributed by atoms with Crippen molar-refractivity contribution in [3.63, 3.8) is 0 Å². The van der Waals surface area contributed by atoms with Crippen molar-refractivity contribution in [2.45, 2.75) is 40.7 Å². The second-order valence-corrected chi connectivity index (χ2v) is 6.37. The quantitative estimate of drug-likeness (QED) is 0.752. The minimum absolute atomic E-state index is 0.00715. The lowest BCUT2D eigenvalue weighted by atomic mass is 10.0. The van der Waals surface area contributed by atoms with Crippen LogP contribution in [-0.4, -0.2) is 48.3 Å². The molecule has 0 aliphatic heterocycles. The maximum absolute atomic E-state index is 12.8. The molecule has 0 heterocycles. The number of amides is 3. The molecule has 6 heteroatoms. The van der Waals surface area contributed by atoms with Gasteiger partial charge in [-0.3, -0.25) is 14.4 Å². The van der Waals surface area contributed by atoms with Crippen molar-refractivity contribution >= 4 is 17.7 Å². The summed E-state index contributed by atoms with van der Waals surface area (Å²) >= 11 is 0. The highest BCUT2D eigenvalue weighted by Gasteiger charge is 2.29. The van der Waals surface area contributed by atoms with Crippen molar-refractivity contribution in [2.24, 2.45) is 5.92 Å². The number of hydrogen-bond acceptors (Lipinski definition) is 3. The number of aryl methyl sites for hydroxylation is 1. The average Bonchev–Trinajstić information content (AvgIpc) is 2.57. The topological polar surface area (TPSA) is 78.5 Å². The molecule has 6 nitrogen and oxygen atoms in total. The number of nitrogens with zero attached hydrogens (tertiary/aromatic N) is 1. The Balaban J connectivity index is 2.86. The molecular weight excluding hydrogens is 318 g/mol. The van der Waals surface area contributed by atoms with Gasteiger partial charge in [-0.1, -0.05) is 31.5 Å². The monoisotopic (exact) mass is 347 g/mol. The number of nitrogens with one attached hydrogen (secondary N) is 2. The van der Waals surface area contributed by atoms with Crippen molar-refractivity contribution in [3.05, 3.63) is 35.4 Å². The summed E-state index contributed by atoms with van der Waals surface area (Å²) in [6.45, 7) is 10.2. The van der Waals surface area contributed by atoms with Crippen LogP contribution >= 0.6 is 0 Å². The summed E-state index contributed by atoms with van der Waals surface area (Å²) in [6.07, 6.45) is 0. The summed E-state index contributed by atoms with van der Waals surface area (Å²) in [7, 11) is 0. The number of hydrogen-bond donors (Lipinski definition) is 2. The van der Waals surface area contributed by atoms with Crippen molar-refractivity contribution in [1.29, 1.82) is 0 Å². The third kappa shape index (κ3) is 6.21. The largest absolute Gasteiger partial charge is 0.355 e. The van der Waals surface area contributed by atoms with Gasteiger partial charge < -0.3 is 15.5 Å². The molecule has 1 aromatic rings. The highest BCUT2D eigenvalue weighted by molar-refractivity contribution is 5.98. The molecule has 2 N–H and O–H groups in total. The predicted molar refractivity (Wildman–Crippen MR) is 98.2 cm³/mol. The first-order valence-electron chi connectivity index (χ1n) is 8.73. The van der Waals surface area contributed by atoms with Crippen molar-refractivity contribution in [1.82, 2.24) is 15.5 Å². The van der Waals surface area contributed by atoms with Gasteiger partial charge in [0.25, 0.3) is 5.91 Å². The van der Waals surface area contributed by atoms with Crippen molar-refractivity contribution in [2.75, 3.05) is 19.6 Å². The van der Waals surface area contributed by atoms with E-state index in [2.05, 4.69) is 10.6 Å². The van der Waals surface area contributed by atoms with E-state index in [1.807, 2.05) is 46.8 Å². The van der Waals surface area contributed by atoms with Crippen LogP contribution in [-0.2, 0) is 9.59 Å². The molecule has 0 aliphatic rings. The lowest BCUT2D eigenvalue weighted by molar-refractivity contribution is -0.138. The maximum atomic E-state index is 12.8. The van der Waals surface area contributed by atoms with Crippen molar-refractivity contribution in [3.8, 4) is 0 Å². The molecule has 1 aromatic carbocycles. The van der Waals surface area contributed by atoms with Gasteiger partial charge in [-0.05, 0) is 38.8 Å². The van der Waals surface area contributed by atoms with Crippen molar-refractivity contribution < 1.29 is 14.4 Å². The van der Waals surface area contributed by atoms with Gasteiger partial charge in [-0.2, -0.15) is 0 Å². The van der Waals surface area contributed by atoms with Crippen LogP contribution in [0.15, 0.2) is 24.3 Å². The molecule has 1 atom stereocenters. The van der Waals surface area contributed by atoms with E-state index in [0.717, 1.165) is 5.56 Å². The summed E-state index contributed by atoms with van der Waals surface area (Å²) in [5, 5.41) is 5.50. The molecule has 138 valence electrons. The number of benzene rings is 1. The van der Waals surface area contributed by atoms with E-state index in [1.54, 1.807) is 12.1 Å². The Kier molecular flexibility index (Phi) is 8.11. The second-order valence-electron chi connectivity index (χ2n) is 6.37. The molecule has 0 aromatic heterocycles. The van der Waals surface area contributed by atoms with Gasteiger partial charge in [-0.15, -0.1) is 0 Å². The van der Waals surface area contributed by atoms with E-state index in [-0.39, 0.29) is 30.2 Å². The standard InChI is InChI=1S/C19H29N3O3/c1-6-20-16(23)12-22(7-2)19(25)17(13(3)4)21-18(24)15-10-8-14(5)9-11-15/h8-11,13,17H,6-7,12H2,1-5H3,(H,20,23)(H,21,24). The third-order valence-electron chi connectivity index (χ3n) is 3.93. The van der Waals surface area contributed by atoms with Crippen LogP contribution in [0.1, 0.15) is 43.6 Å². The molecule has 0 bridgehead atoms. The van der Waals surface area contributed by atoms with E-state index in [0.29, 0.717) is 18.7 Å². The normalized spacial score (nSPS) is 11.8. The van der Waals surface area contributed by atoms with E-state index < -0.39 is 6.04 Å². The van der Waals surface area contributed by atoms with Gasteiger partial charge >= 0.3 is 0 Å². The summed E-state index contributed by atoms with van der Waals surface area (Å²) in [6, 6.07) is 6.50. The van der Waals surface area contributed by atoms with Gasteiger partial charge in [0.2, 0.25) is 11.8 Å². The minimum Gasteiger partial charge on any atom is -0.355 e. The number of likely N-dealkylation sites (N-methyl/N-ethyl adjacent to an activating group) is 2. The van der Waals surface area contributed by atoms with Gasteiger partial charge in [-0.25, -0.2) is 0 Å². The van der Waals surface area contributed by atoms with Gasteiger partial charge in [0.1, 0.15) is 6.04 Å². The molecule has 3 amide bonds. The van der Waals surface area contributed by atoms with Gasteiger partial charge in [0.15, 0.2) is 0 Å². The van der Waals surface area contributed by atoms with E-state index >= 15 is 0 Å². The first-order chi connectivity index (χ1) is 11.8. The zero-order valence-electron chi connectivity index (χ0n) is 15.8. The molecule has 1 rings (SSSR count). The molecule has 0 saturated heterocycles. The lowest BCUT2D eigenvalue weighted by Crippen LogP contribution is -2.53. The lowest BCUT2D eigenvalue weighted by Gasteiger charge is -2.28. The summed E-state index contributed by atoms with van der Waals surface area (Å²) in [4.78, 5) is 38.5. The van der Waals surface area contributed by atoms with Crippen LogP contribution in [0, 0.1) is 12.8 Å². The minimum atomic E-state index is -0.678. The molecule has 0 saturated carbocycles. The fourth-order valence-corrected chi connectivity index (χ4v) is 2.41. The van der Waals surface area contributed by atoms with E-state index in [9.17, 15) is 14.4 Å². The summed E-state index contributed by atoms with van der Waals surface area (Å²) < 4.78 is 0. The average molecular weight is 347 g/mol. The number of carbonyl (C=O) groups is 3. The Labute approximate surface area is 150 Å². The Morgan fingerprint density at radius 1 is 1.08 bits per heavy atom. The van der Waals surface area contributed by atoms with Crippen LogP contribution in [0.5, 0.6) is 0 Å². The zero-order valence-corrected chi connectivity index (χ0v) is 15.8. The fraction of sp³-hybridized carbons (Fsp3) is 0.526. The number of rotatable bonds is 8. The molecule has 0 aliphatic carbocycles. The SMILES string of the molecule is CCNC(=O)CN(CC)C(=O)C(NC(=O)c1ccc(C)cc1)C(C)C. The summed E-state index contributed by atoms with van der Waals surface area (Å²) in [5.41, 5.74) is 1.57. The summed E-state index contributed by atoms with van der Waals surface area (Å²) in [5.74, 6) is -0.833. The van der Waals surface area contributed by atoms with E-state index in [4.69, 9.17) is 0 Å². The molecule has 0 spiro atoms. The first-order valence-corrected chi connectivity index (χ1v) is 8.73. The van der Waals surface area contributed by atoms with Crippen LogP contribution in [0.25, 0.3) is 0 Å². The predicted octanol–water partition coefficient (Wildman–Crippen LogP) is 1.73. The van der Waals surface area contributed by atoms with Gasteiger partial charge in [0.05, 0.1) is 6.54 Å². The Morgan fingerprint density at radius 3 is 2.16 bits per heavy atom. The smallest absolute Gasteiger partial charge is 0.251 e. The molecular formula is C19H29N3O3. The Bertz CT molecular complexity index is 596. The van der Waals surface area contributed by atoms with Crippen LogP contribution in [0.2, 0.25) is 0 Å². The van der Waals surface area contributed by atoms with Gasteiger partial charge in [0, 0.05) is 18.7 Å². The highest BCUT2D eigenvalue weighted by atomic mass is 16.2. The van der Waals surface area contributed by atoms with Crippen LogP contribution < -0.4 is 10.6 Å². The number of carbonyl (C=O) groups excluding carboxylic acids is 3. The third-order valence-corrected chi connectivity index (χ3v) is 3.93. The second kappa shape index (κ2) is 9.81. The Morgan fingerprint density at radius 2 is 1.68 bits per heavy atom. The first kappa shape index (κ1) is 20.7. The molecule has 0 radical (unpaired) electrons. The zero-order chi connectivity index (χ0) is 19.0.